The number of nitrogens with zero attached hydrogens (tertiary/aromatic N) is 3. The monoisotopic (exact) mass is 385 g/mol. The van der Waals surface area contributed by atoms with Crippen LogP contribution in [-0.2, 0) is 0 Å². The fraction of sp³-hybridized carbons (Fsp3) is 0.550. The molecule has 0 saturated carbocycles. The summed E-state index contributed by atoms with van der Waals surface area (Å²) in [4.78, 5) is 27.7. The molecule has 3 aliphatic rings. The zero-order valence-electron chi connectivity index (χ0n) is 16.6. The predicted octanol–water partition coefficient (Wildman–Crippen LogP) is 2.63. The third kappa shape index (κ3) is 2.92. The Morgan fingerprint density at radius 1 is 1.39 bits per heavy atom. The summed E-state index contributed by atoms with van der Waals surface area (Å²) in [6, 6.07) is 3.62. The van der Waals surface area contributed by atoms with E-state index >= 15 is 0 Å². The summed E-state index contributed by atoms with van der Waals surface area (Å²) < 4.78 is 0. The van der Waals surface area contributed by atoms with Crippen molar-refractivity contribution in [2.75, 3.05) is 38.5 Å². The first-order valence-corrected chi connectivity index (χ1v) is 9.97. The summed E-state index contributed by atoms with van der Waals surface area (Å²) in [5.74, 6) is 0.288. The van der Waals surface area contributed by atoms with Gasteiger partial charge >= 0.3 is 6.03 Å². The number of nitrogens with one attached hydrogen (secondary N) is 2. The molecule has 2 N–H and O–H groups in total. The molecule has 0 unspecified atom stereocenters. The van der Waals surface area contributed by atoms with Gasteiger partial charge in [-0.3, -0.25) is 15.0 Å². The van der Waals surface area contributed by atoms with Crippen molar-refractivity contribution in [1.82, 2.24) is 15.1 Å². The highest BCUT2D eigenvalue weighted by molar-refractivity contribution is 5.86. The fourth-order valence-corrected chi connectivity index (χ4v) is 4.90. The molecule has 28 heavy (non-hydrogen) atoms. The van der Waals surface area contributed by atoms with Crippen molar-refractivity contribution in [3.8, 4) is 0 Å². The number of nitro groups is 1. The zero-order valence-corrected chi connectivity index (χ0v) is 16.6. The number of likely N-dealkylation sites (N-methyl/N-ethyl adjacent to an activating group) is 1. The minimum atomic E-state index is -0.314. The summed E-state index contributed by atoms with van der Waals surface area (Å²) in [7, 11) is 2.09. The maximum absolute atomic E-state index is 12.5. The molecule has 2 aliphatic heterocycles. The van der Waals surface area contributed by atoms with E-state index in [0.717, 1.165) is 30.6 Å². The molecule has 1 aromatic carbocycles. The molecule has 8 nitrogen and oxygen atoms in total. The minimum absolute atomic E-state index is 0.0528. The summed E-state index contributed by atoms with van der Waals surface area (Å²) in [5.41, 5.74) is 4.14. The smallest absolute Gasteiger partial charge is 0.317 e. The lowest BCUT2D eigenvalue weighted by Gasteiger charge is -2.42. The molecule has 0 aromatic heterocycles. The first-order valence-electron chi connectivity index (χ1n) is 9.97. The van der Waals surface area contributed by atoms with Crippen LogP contribution in [0.4, 0.5) is 16.2 Å². The van der Waals surface area contributed by atoms with Crippen molar-refractivity contribution in [3.05, 3.63) is 39.4 Å². The third-order valence-electron chi connectivity index (χ3n) is 6.29. The summed E-state index contributed by atoms with van der Waals surface area (Å²) in [5, 5.41) is 17.8. The predicted molar refractivity (Wildman–Crippen MR) is 109 cm³/mol. The van der Waals surface area contributed by atoms with E-state index in [1.54, 1.807) is 11.0 Å². The van der Waals surface area contributed by atoms with E-state index in [0.29, 0.717) is 18.8 Å². The quantitative estimate of drug-likeness (QED) is 0.614. The number of hydrogen-bond acceptors (Lipinski definition) is 5. The standard InChI is InChI=1S/C20H27N5O3/c1-4-24(5-2)20(26)22-13-9-15-14-6-7-16(25(27)28)19-18(14)12(10-21-19)8-17(15)23(3)11-13/h6-7,9,12-13,17,21H,4-5,8,10-11H2,1-3H3,(H,22,26)/t12-,13+,17-/m1/s1. The molecule has 3 atom stereocenters. The molecule has 150 valence electrons. The van der Waals surface area contributed by atoms with Crippen molar-refractivity contribution in [2.45, 2.75) is 38.3 Å². The number of fused-ring (bicyclic) bond motifs is 2. The molecule has 8 heteroatoms. The van der Waals surface area contributed by atoms with Crippen LogP contribution in [0.3, 0.4) is 0 Å². The van der Waals surface area contributed by atoms with E-state index < -0.39 is 0 Å². The SMILES string of the molecule is CCN(CC)C(=O)N[C@H]1C=C2c3ccc([N+](=O)[O-])c4c3[C@@H](CN4)C[C@H]2N(C)C1. The first-order chi connectivity index (χ1) is 13.4. The van der Waals surface area contributed by atoms with Gasteiger partial charge in [0.25, 0.3) is 5.69 Å². The number of urea groups is 1. The lowest BCUT2D eigenvalue weighted by Crippen LogP contribution is -2.52. The Hall–Kier alpha value is -2.61. The van der Waals surface area contributed by atoms with Crippen LogP contribution in [-0.4, -0.2) is 66.1 Å². The number of hydrogen-bond donors (Lipinski definition) is 2. The Morgan fingerprint density at radius 3 is 2.82 bits per heavy atom. The van der Waals surface area contributed by atoms with Crippen molar-refractivity contribution < 1.29 is 9.72 Å². The third-order valence-corrected chi connectivity index (χ3v) is 6.29. The number of rotatable bonds is 4. The number of anilines is 1. The van der Waals surface area contributed by atoms with Gasteiger partial charge in [0.2, 0.25) is 0 Å². The van der Waals surface area contributed by atoms with Gasteiger partial charge in [-0.2, -0.15) is 0 Å². The Balaban J connectivity index is 1.70. The van der Waals surface area contributed by atoms with Gasteiger partial charge in [-0.25, -0.2) is 4.79 Å². The average Bonchev–Trinajstić information content (AvgIpc) is 3.08. The van der Waals surface area contributed by atoms with Gasteiger partial charge < -0.3 is 15.5 Å². The number of nitro benzene ring substituents is 1. The van der Waals surface area contributed by atoms with E-state index in [1.165, 1.54) is 5.57 Å². The fourth-order valence-electron chi connectivity index (χ4n) is 4.90. The van der Waals surface area contributed by atoms with Crippen LogP contribution in [0, 0.1) is 10.1 Å². The average molecular weight is 385 g/mol. The van der Waals surface area contributed by atoms with E-state index in [9.17, 15) is 14.9 Å². The van der Waals surface area contributed by atoms with E-state index in [-0.39, 0.29) is 34.6 Å². The van der Waals surface area contributed by atoms with Gasteiger partial charge in [0.1, 0.15) is 5.69 Å². The topological polar surface area (TPSA) is 90.8 Å². The highest BCUT2D eigenvalue weighted by Gasteiger charge is 2.42. The molecular formula is C20H27N5O3. The van der Waals surface area contributed by atoms with Gasteiger partial charge in [0, 0.05) is 44.2 Å². The zero-order chi connectivity index (χ0) is 20.0. The van der Waals surface area contributed by atoms with Crippen LogP contribution in [0.2, 0.25) is 0 Å². The molecule has 0 bridgehead atoms. The van der Waals surface area contributed by atoms with Crippen molar-refractivity contribution in [2.24, 2.45) is 0 Å². The van der Waals surface area contributed by atoms with Gasteiger partial charge in [-0.15, -0.1) is 0 Å². The number of carbonyl (C=O) groups is 1. The van der Waals surface area contributed by atoms with Crippen molar-refractivity contribution >= 4 is 23.0 Å². The van der Waals surface area contributed by atoms with Crippen LogP contribution in [0.15, 0.2) is 18.2 Å². The maximum Gasteiger partial charge on any atom is 0.317 e. The van der Waals surface area contributed by atoms with Gasteiger partial charge in [0.05, 0.1) is 11.0 Å². The van der Waals surface area contributed by atoms with Crippen molar-refractivity contribution in [3.63, 3.8) is 0 Å². The normalized spacial score (nSPS) is 25.2. The van der Waals surface area contributed by atoms with Crippen LogP contribution in [0.25, 0.3) is 5.57 Å². The molecular weight excluding hydrogens is 358 g/mol. The minimum Gasteiger partial charge on any atom is -0.379 e. The van der Waals surface area contributed by atoms with Gasteiger partial charge in [-0.05, 0) is 50.1 Å². The van der Waals surface area contributed by atoms with E-state index in [2.05, 4.69) is 28.7 Å². The molecule has 0 spiro atoms. The number of carbonyl (C=O) groups excluding carboxylic acids is 1. The highest BCUT2D eigenvalue weighted by atomic mass is 16.6. The van der Waals surface area contributed by atoms with Crippen LogP contribution >= 0.6 is 0 Å². The Kier molecular flexibility index (Phi) is 4.74. The Bertz CT molecular complexity index is 848. The molecule has 0 radical (unpaired) electrons. The van der Waals surface area contributed by atoms with E-state index in [4.69, 9.17) is 0 Å². The second kappa shape index (κ2) is 7.09. The molecule has 1 aromatic rings. The molecule has 2 heterocycles. The van der Waals surface area contributed by atoms with Crippen molar-refractivity contribution in [1.29, 1.82) is 0 Å². The lowest BCUT2D eigenvalue weighted by molar-refractivity contribution is -0.383. The highest BCUT2D eigenvalue weighted by Crippen LogP contribution is 2.50. The summed E-state index contributed by atoms with van der Waals surface area (Å²) in [6.45, 7) is 6.79. The number of amides is 2. The second-order valence-electron chi connectivity index (χ2n) is 7.80. The van der Waals surface area contributed by atoms with Gasteiger partial charge in [-0.1, -0.05) is 6.08 Å². The lowest BCUT2D eigenvalue weighted by atomic mass is 9.75. The maximum atomic E-state index is 12.5. The number of benzene rings is 1. The Morgan fingerprint density at radius 2 is 2.14 bits per heavy atom. The van der Waals surface area contributed by atoms with Crippen LogP contribution in [0.5, 0.6) is 0 Å². The molecule has 2 amide bonds. The molecule has 0 saturated heterocycles. The largest absolute Gasteiger partial charge is 0.379 e. The van der Waals surface area contributed by atoms with Crippen LogP contribution in [0.1, 0.15) is 37.3 Å². The molecule has 0 fully saturated rings. The molecule has 1 aliphatic carbocycles. The summed E-state index contributed by atoms with van der Waals surface area (Å²) >= 11 is 0. The first kappa shape index (κ1) is 18.7. The summed E-state index contributed by atoms with van der Waals surface area (Å²) in [6.07, 6.45) is 3.09. The Labute approximate surface area is 164 Å². The molecule has 4 rings (SSSR count). The van der Waals surface area contributed by atoms with Crippen LogP contribution < -0.4 is 10.6 Å². The van der Waals surface area contributed by atoms with Gasteiger partial charge in [0.15, 0.2) is 0 Å². The van der Waals surface area contributed by atoms with E-state index in [1.807, 2.05) is 19.9 Å². The second-order valence-corrected chi connectivity index (χ2v) is 7.80.